The Morgan fingerprint density at radius 1 is 1.24 bits per heavy atom. The van der Waals surface area contributed by atoms with Crippen LogP contribution in [0.5, 0.6) is 0 Å². The predicted octanol–water partition coefficient (Wildman–Crippen LogP) is 4.47. The maximum Gasteiger partial charge on any atom is 0.329 e. The van der Waals surface area contributed by atoms with Crippen LogP contribution in [-0.2, 0) is 4.79 Å². The van der Waals surface area contributed by atoms with Crippen LogP contribution < -0.4 is 5.32 Å². The van der Waals surface area contributed by atoms with Crippen LogP contribution in [0, 0.1) is 18.3 Å². The molecule has 3 nitrogen and oxygen atoms in total. The number of carbonyl (C=O) groups is 1. The van der Waals surface area contributed by atoms with Crippen molar-refractivity contribution in [2.24, 2.45) is 11.3 Å². The van der Waals surface area contributed by atoms with Crippen molar-refractivity contribution in [1.29, 1.82) is 0 Å². The maximum absolute atomic E-state index is 12.1. The number of benzene rings is 1. The minimum Gasteiger partial charge on any atom is -0.479 e. The van der Waals surface area contributed by atoms with Crippen LogP contribution in [0.2, 0.25) is 0 Å². The van der Waals surface area contributed by atoms with Crippen LogP contribution >= 0.6 is 0 Å². The van der Waals surface area contributed by atoms with Crippen LogP contribution in [0.25, 0.3) is 0 Å². The zero-order valence-corrected chi connectivity index (χ0v) is 13.6. The van der Waals surface area contributed by atoms with E-state index in [9.17, 15) is 9.90 Å². The molecule has 1 aliphatic rings. The van der Waals surface area contributed by atoms with Crippen molar-refractivity contribution in [3.8, 4) is 0 Å². The first kappa shape index (κ1) is 15.9. The fraction of sp³-hybridized carbons (Fsp3) is 0.611. The number of aryl methyl sites for hydroxylation is 1. The Labute approximate surface area is 127 Å². The fourth-order valence-electron chi connectivity index (χ4n) is 3.70. The van der Waals surface area contributed by atoms with Crippen LogP contribution in [-0.4, -0.2) is 16.6 Å². The second-order valence-electron chi connectivity index (χ2n) is 7.43. The molecule has 0 heterocycles. The number of carboxylic acids is 1. The first-order valence-corrected chi connectivity index (χ1v) is 7.84. The van der Waals surface area contributed by atoms with Gasteiger partial charge in [0.15, 0.2) is 0 Å². The monoisotopic (exact) mass is 289 g/mol. The number of anilines is 1. The summed E-state index contributed by atoms with van der Waals surface area (Å²) in [5, 5.41) is 13.4. The molecule has 0 aromatic heterocycles. The molecule has 0 spiro atoms. The van der Waals surface area contributed by atoms with E-state index < -0.39 is 11.5 Å². The summed E-state index contributed by atoms with van der Waals surface area (Å²) in [6.07, 6.45) is 3.75. The highest BCUT2D eigenvalue weighted by Crippen LogP contribution is 2.46. The van der Waals surface area contributed by atoms with E-state index in [0.29, 0.717) is 6.42 Å². The third kappa shape index (κ3) is 3.22. The van der Waals surface area contributed by atoms with Gasteiger partial charge in [0.05, 0.1) is 0 Å². The van der Waals surface area contributed by atoms with Gasteiger partial charge in [-0.1, -0.05) is 51.3 Å². The summed E-state index contributed by atoms with van der Waals surface area (Å²) in [7, 11) is 0. The molecule has 2 N–H and O–H groups in total. The lowest BCUT2D eigenvalue weighted by molar-refractivity contribution is -0.148. The molecular weight excluding hydrogens is 262 g/mol. The molecule has 1 saturated carbocycles. The molecule has 2 unspecified atom stereocenters. The highest BCUT2D eigenvalue weighted by atomic mass is 16.4. The summed E-state index contributed by atoms with van der Waals surface area (Å²) in [6.45, 7) is 8.49. The average molecular weight is 289 g/mol. The number of carboxylic acid groups (broad SMARTS) is 1. The lowest BCUT2D eigenvalue weighted by atomic mass is 9.62. The third-order valence-electron chi connectivity index (χ3n) is 4.75. The molecule has 0 aliphatic heterocycles. The molecule has 0 amide bonds. The summed E-state index contributed by atoms with van der Waals surface area (Å²) in [5.41, 5.74) is 1.20. The quantitative estimate of drug-likeness (QED) is 0.863. The molecule has 1 aliphatic carbocycles. The molecule has 21 heavy (non-hydrogen) atoms. The number of aliphatic carboxylic acids is 1. The standard InChI is InChI=1S/C18H27NO2/c1-13-8-10-14(11-9-13)19-18(16(20)21)12-6-5-7-15(18)17(2,3)4/h8-11,15,19H,5-7,12H2,1-4H3,(H,20,21). The molecule has 0 saturated heterocycles. The highest BCUT2D eigenvalue weighted by molar-refractivity contribution is 5.83. The second kappa shape index (κ2) is 5.70. The fourth-order valence-corrected chi connectivity index (χ4v) is 3.70. The second-order valence-corrected chi connectivity index (χ2v) is 7.43. The molecule has 3 heteroatoms. The smallest absolute Gasteiger partial charge is 0.329 e. The van der Waals surface area contributed by atoms with E-state index >= 15 is 0 Å². The van der Waals surface area contributed by atoms with Crippen LogP contribution in [0.15, 0.2) is 24.3 Å². The van der Waals surface area contributed by atoms with Crippen LogP contribution in [0.4, 0.5) is 5.69 Å². The molecule has 116 valence electrons. The van der Waals surface area contributed by atoms with Crippen LogP contribution in [0.3, 0.4) is 0 Å². The third-order valence-corrected chi connectivity index (χ3v) is 4.75. The van der Waals surface area contributed by atoms with E-state index in [2.05, 4.69) is 26.1 Å². The van der Waals surface area contributed by atoms with Gasteiger partial charge in [-0.3, -0.25) is 0 Å². The first-order valence-electron chi connectivity index (χ1n) is 7.84. The van der Waals surface area contributed by atoms with Crippen LogP contribution in [0.1, 0.15) is 52.0 Å². The largest absolute Gasteiger partial charge is 0.479 e. The molecular formula is C18H27NO2. The molecule has 0 bridgehead atoms. The zero-order chi connectivity index (χ0) is 15.7. The summed E-state index contributed by atoms with van der Waals surface area (Å²) in [5.74, 6) is -0.597. The van der Waals surface area contributed by atoms with Crippen molar-refractivity contribution in [3.05, 3.63) is 29.8 Å². The zero-order valence-electron chi connectivity index (χ0n) is 13.6. The van der Waals surface area contributed by atoms with Crippen molar-refractivity contribution in [2.75, 3.05) is 5.32 Å². The van der Waals surface area contributed by atoms with Gasteiger partial charge in [0.1, 0.15) is 5.54 Å². The summed E-state index contributed by atoms with van der Waals surface area (Å²) in [6, 6.07) is 8.00. The molecule has 1 aromatic carbocycles. The topological polar surface area (TPSA) is 49.3 Å². The van der Waals surface area contributed by atoms with E-state index in [-0.39, 0.29) is 11.3 Å². The Bertz CT molecular complexity index is 501. The van der Waals surface area contributed by atoms with Crippen molar-refractivity contribution in [3.63, 3.8) is 0 Å². The molecule has 1 fully saturated rings. The van der Waals surface area contributed by atoms with Gasteiger partial charge in [0.2, 0.25) is 0 Å². The minimum atomic E-state index is -0.855. The van der Waals surface area contributed by atoms with Crippen molar-refractivity contribution in [2.45, 2.75) is 58.9 Å². The predicted molar refractivity (Wildman–Crippen MR) is 86.6 cm³/mol. The first-order chi connectivity index (χ1) is 9.75. The Hall–Kier alpha value is -1.51. The summed E-state index contributed by atoms with van der Waals surface area (Å²) in [4.78, 5) is 12.1. The van der Waals surface area contributed by atoms with E-state index in [4.69, 9.17) is 0 Å². The molecule has 0 radical (unpaired) electrons. The number of hydrogen-bond acceptors (Lipinski definition) is 2. The van der Waals surface area contributed by atoms with E-state index in [0.717, 1.165) is 24.9 Å². The lowest BCUT2D eigenvalue weighted by Gasteiger charge is -2.48. The van der Waals surface area contributed by atoms with Gasteiger partial charge in [0.25, 0.3) is 0 Å². The number of rotatable bonds is 3. The Kier molecular flexibility index (Phi) is 4.31. The normalized spacial score (nSPS) is 26.4. The van der Waals surface area contributed by atoms with Gasteiger partial charge in [-0.25, -0.2) is 4.79 Å². The van der Waals surface area contributed by atoms with Gasteiger partial charge in [-0.15, -0.1) is 0 Å². The van der Waals surface area contributed by atoms with Gasteiger partial charge in [0, 0.05) is 5.69 Å². The van der Waals surface area contributed by atoms with E-state index in [1.165, 1.54) is 5.56 Å². The van der Waals surface area contributed by atoms with E-state index in [1.54, 1.807) is 0 Å². The highest BCUT2D eigenvalue weighted by Gasteiger charge is 2.51. The summed E-state index contributed by atoms with van der Waals surface area (Å²) >= 11 is 0. The lowest BCUT2D eigenvalue weighted by Crippen LogP contribution is -2.58. The minimum absolute atomic E-state index is 0.0312. The van der Waals surface area contributed by atoms with Gasteiger partial charge in [-0.2, -0.15) is 0 Å². The van der Waals surface area contributed by atoms with Crippen molar-refractivity contribution >= 4 is 11.7 Å². The Balaban J connectivity index is 2.38. The number of hydrogen-bond donors (Lipinski definition) is 2. The Morgan fingerprint density at radius 3 is 2.38 bits per heavy atom. The van der Waals surface area contributed by atoms with Gasteiger partial charge in [-0.05, 0) is 43.2 Å². The van der Waals surface area contributed by atoms with E-state index in [1.807, 2.05) is 31.2 Å². The Morgan fingerprint density at radius 2 is 1.86 bits per heavy atom. The van der Waals surface area contributed by atoms with Gasteiger partial charge < -0.3 is 10.4 Å². The van der Waals surface area contributed by atoms with Crippen molar-refractivity contribution < 1.29 is 9.90 Å². The molecule has 2 rings (SSSR count). The molecule has 1 aromatic rings. The number of nitrogens with one attached hydrogen (secondary N) is 1. The SMILES string of the molecule is Cc1ccc(NC2(C(=O)O)CCCCC2C(C)(C)C)cc1. The summed E-state index contributed by atoms with van der Waals surface area (Å²) < 4.78 is 0. The van der Waals surface area contributed by atoms with Gasteiger partial charge >= 0.3 is 5.97 Å². The average Bonchev–Trinajstić information content (AvgIpc) is 2.40. The van der Waals surface area contributed by atoms with Crippen molar-refractivity contribution in [1.82, 2.24) is 0 Å². The maximum atomic E-state index is 12.1. The molecule has 2 atom stereocenters.